The third-order valence-electron chi connectivity index (χ3n) is 7.60. The summed E-state index contributed by atoms with van der Waals surface area (Å²) in [5, 5.41) is 1.11. The first-order valence-corrected chi connectivity index (χ1v) is 14.1. The number of hydrogen-bond acceptors (Lipinski definition) is 7. The normalized spacial score (nSPS) is 13.7. The Morgan fingerprint density at radius 1 is 0.791 bits per heavy atom. The Hall–Kier alpha value is -5.50. The van der Waals surface area contributed by atoms with Crippen LogP contribution in [0.15, 0.2) is 103 Å². The van der Waals surface area contributed by atoms with Gasteiger partial charge in [-0.15, -0.1) is 0 Å². The zero-order valence-corrected chi connectivity index (χ0v) is 23.7. The average Bonchev–Trinajstić information content (AvgIpc) is 3.57. The molecule has 8 heteroatoms. The predicted octanol–water partition coefficient (Wildman–Crippen LogP) is 6.50. The number of hydrogen-bond donors (Lipinski definition) is 0. The van der Waals surface area contributed by atoms with Crippen LogP contribution in [-0.4, -0.2) is 36.8 Å². The molecule has 0 unspecified atom stereocenters. The first kappa shape index (κ1) is 27.7. The molecule has 43 heavy (non-hydrogen) atoms. The van der Waals surface area contributed by atoms with E-state index >= 15 is 0 Å². The molecule has 1 aliphatic heterocycles. The number of esters is 2. The van der Waals surface area contributed by atoms with E-state index in [0.29, 0.717) is 45.3 Å². The Morgan fingerprint density at radius 3 is 2.16 bits per heavy atom. The van der Waals surface area contributed by atoms with Crippen LogP contribution in [0, 0.1) is 0 Å². The number of nitrogens with zero attached hydrogens (tertiary/aromatic N) is 2. The standard InChI is InChI=1S/C35H28N2O6/c1-3-36(4-2)25-14-12-23(13-15-25)35(41)43-28-20-24-10-7-11-29-31(24)30(21-28)33(39)37(32(29)38)26-16-18-27(19-17-26)42-34(40)22-8-5-6-9-22/h5-8,10-21H,3-4,9H2,1-2H3. The van der Waals surface area contributed by atoms with Gasteiger partial charge in [0.25, 0.3) is 11.8 Å². The molecule has 0 saturated carbocycles. The van der Waals surface area contributed by atoms with E-state index in [9.17, 15) is 19.2 Å². The molecule has 1 aliphatic carbocycles. The summed E-state index contributed by atoms with van der Waals surface area (Å²) in [6.07, 6.45) is 5.87. The van der Waals surface area contributed by atoms with Gasteiger partial charge in [0, 0.05) is 35.3 Å². The number of amides is 2. The molecule has 4 aromatic carbocycles. The molecule has 0 bridgehead atoms. The topological polar surface area (TPSA) is 93.2 Å². The largest absolute Gasteiger partial charge is 0.423 e. The molecule has 2 aliphatic rings. The zero-order chi connectivity index (χ0) is 30.1. The molecule has 2 amide bonds. The first-order chi connectivity index (χ1) is 20.9. The smallest absolute Gasteiger partial charge is 0.343 e. The fraction of sp³-hybridized carbons (Fsp3) is 0.143. The van der Waals surface area contributed by atoms with Crippen LogP contribution in [0.3, 0.4) is 0 Å². The average molecular weight is 573 g/mol. The third kappa shape index (κ3) is 5.19. The highest BCUT2D eigenvalue weighted by Gasteiger charge is 2.34. The lowest BCUT2D eigenvalue weighted by Crippen LogP contribution is -2.40. The highest BCUT2D eigenvalue weighted by molar-refractivity contribution is 6.36. The number of ether oxygens (including phenoxy) is 2. The van der Waals surface area contributed by atoms with E-state index < -0.39 is 23.8 Å². The zero-order valence-electron chi connectivity index (χ0n) is 23.7. The van der Waals surface area contributed by atoms with Crippen LogP contribution in [0.2, 0.25) is 0 Å². The second-order valence-corrected chi connectivity index (χ2v) is 10.1. The molecular formula is C35H28N2O6. The number of benzene rings is 4. The lowest BCUT2D eigenvalue weighted by molar-refractivity contribution is -0.130. The number of carbonyl (C=O) groups is 4. The monoisotopic (exact) mass is 572 g/mol. The van der Waals surface area contributed by atoms with Gasteiger partial charge in [-0.25, -0.2) is 14.5 Å². The SMILES string of the molecule is CCN(CC)c1ccc(C(=O)Oc2cc3c4c(cccc4c2)C(=O)N(c2ccc(OC(=O)C4=CC=CC4)cc2)C3=O)cc1. The van der Waals surface area contributed by atoms with Crippen molar-refractivity contribution >= 4 is 45.9 Å². The van der Waals surface area contributed by atoms with Crippen molar-refractivity contribution in [2.75, 3.05) is 22.9 Å². The van der Waals surface area contributed by atoms with Crippen LogP contribution in [0.4, 0.5) is 11.4 Å². The van der Waals surface area contributed by atoms with Gasteiger partial charge in [0.1, 0.15) is 11.5 Å². The minimum absolute atomic E-state index is 0.193. The van der Waals surface area contributed by atoms with Gasteiger partial charge in [-0.2, -0.15) is 0 Å². The maximum atomic E-state index is 13.8. The summed E-state index contributed by atoms with van der Waals surface area (Å²) in [5.41, 5.74) is 2.84. The van der Waals surface area contributed by atoms with Gasteiger partial charge in [-0.3, -0.25) is 9.59 Å². The van der Waals surface area contributed by atoms with Gasteiger partial charge < -0.3 is 14.4 Å². The molecule has 214 valence electrons. The highest BCUT2D eigenvalue weighted by Crippen LogP contribution is 2.36. The summed E-state index contributed by atoms with van der Waals surface area (Å²) < 4.78 is 11.1. The molecule has 4 aromatic rings. The summed E-state index contributed by atoms with van der Waals surface area (Å²) in [7, 11) is 0. The molecule has 8 nitrogen and oxygen atoms in total. The Labute approximate surface area is 248 Å². The van der Waals surface area contributed by atoms with E-state index in [1.807, 2.05) is 18.2 Å². The van der Waals surface area contributed by atoms with E-state index in [0.717, 1.165) is 23.7 Å². The third-order valence-corrected chi connectivity index (χ3v) is 7.60. The summed E-state index contributed by atoms with van der Waals surface area (Å²) in [6, 6.07) is 21.7. The van der Waals surface area contributed by atoms with Crippen LogP contribution in [0.5, 0.6) is 11.5 Å². The number of anilines is 2. The summed E-state index contributed by atoms with van der Waals surface area (Å²) in [6.45, 7) is 5.84. The van der Waals surface area contributed by atoms with Crippen LogP contribution < -0.4 is 19.3 Å². The van der Waals surface area contributed by atoms with Gasteiger partial charge in [0.05, 0.1) is 16.8 Å². The van der Waals surface area contributed by atoms with Crippen LogP contribution in [0.25, 0.3) is 10.8 Å². The Bertz CT molecular complexity index is 1830. The van der Waals surface area contributed by atoms with Crippen molar-refractivity contribution in [3.05, 3.63) is 119 Å². The van der Waals surface area contributed by atoms with Crippen molar-refractivity contribution in [3.8, 4) is 11.5 Å². The summed E-state index contributed by atoms with van der Waals surface area (Å²) in [5.74, 6) is -1.56. The lowest BCUT2D eigenvalue weighted by Gasteiger charge is -2.27. The van der Waals surface area contributed by atoms with E-state index in [-0.39, 0.29) is 11.3 Å². The Morgan fingerprint density at radius 2 is 1.49 bits per heavy atom. The van der Waals surface area contributed by atoms with Crippen LogP contribution >= 0.6 is 0 Å². The van der Waals surface area contributed by atoms with Crippen molar-refractivity contribution in [1.82, 2.24) is 0 Å². The first-order valence-electron chi connectivity index (χ1n) is 14.1. The molecule has 0 spiro atoms. The fourth-order valence-electron chi connectivity index (χ4n) is 5.37. The van der Waals surface area contributed by atoms with E-state index in [2.05, 4.69) is 18.7 Å². The minimum Gasteiger partial charge on any atom is -0.423 e. The van der Waals surface area contributed by atoms with Crippen molar-refractivity contribution in [1.29, 1.82) is 0 Å². The molecule has 0 atom stereocenters. The molecular weight excluding hydrogens is 544 g/mol. The number of rotatable bonds is 8. The Kier molecular flexibility index (Phi) is 7.34. The van der Waals surface area contributed by atoms with E-state index in [1.54, 1.807) is 60.7 Å². The molecule has 0 saturated heterocycles. The molecule has 0 N–H and O–H groups in total. The maximum absolute atomic E-state index is 13.8. The van der Waals surface area contributed by atoms with Gasteiger partial charge >= 0.3 is 11.9 Å². The second-order valence-electron chi connectivity index (χ2n) is 10.1. The molecule has 0 fully saturated rings. The van der Waals surface area contributed by atoms with Crippen molar-refractivity contribution in [3.63, 3.8) is 0 Å². The molecule has 1 heterocycles. The Balaban J connectivity index is 1.27. The van der Waals surface area contributed by atoms with Gasteiger partial charge in [0.15, 0.2) is 0 Å². The summed E-state index contributed by atoms with van der Waals surface area (Å²) in [4.78, 5) is 55.9. The quantitative estimate of drug-likeness (QED) is 0.135. The molecule has 6 rings (SSSR count). The van der Waals surface area contributed by atoms with Crippen molar-refractivity contribution in [2.45, 2.75) is 20.3 Å². The minimum atomic E-state index is -0.556. The van der Waals surface area contributed by atoms with Crippen LogP contribution in [-0.2, 0) is 4.79 Å². The number of carbonyl (C=O) groups excluding carboxylic acids is 4. The summed E-state index contributed by atoms with van der Waals surface area (Å²) >= 11 is 0. The van der Waals surface area contributed by atoms with Crippen LogP contribution in [0.1, 0.15) is 51.3 Å². The number of imide groups is 1. The maximum Gasteiger partial charge on any atom is 0.343 e. The van der Waals surface area contributed by atoms with Gasteiger partial charge in [0.2, 0.25) is 0 Å². The lowest BCUT2D eigenvalue weighted by atomic mass is 9.93. The van der Waals surface area contributed by atoms with Gasteiger partial charge in [-0.1, -0.05) is 30.4 Å². The van der Waals surface area contributed by atoms with E-state index in [4.69, 9.17) is 9.47 Å². The molecule has 0 aromatic heterocycles. The van der Waals surface area contributed by atoms with Crippen molar-refractivity contribution in [2.24, 2.45) is 0 Å². The number of allylic oxidation sites excluding steroid dienone is 3. The molecule has 0 radical (unpaired) electrons. The second kappa shape index (κ2) is 11.4. The van der Waals surface area contributed by atoms with Gasteiger partial charge in [-0.05, 0) is 92.4 Å². The van der Waals surface area contributed by atoms with Crippen molar-refractivity contribution < 1.29 is 28.7 Å². The fourth-order valence-corrected chi connectivity index (χ4v) is 5.37. The van der Waals surface area contributed by atoms with E-state index in [1.165, 1.54) is 18.2 Å². The predicted molar refractivity (Wildman–Crippen MR) is 164 cm³/mol. The highest BCUT2D eigenvalue weighted by atomic mass is 16.5.